The monoisotopic (exact) mass is 471 g/mol. The summed E-state index contributed by atoms with van der Waals surface area (Å²) in [5, 5.41) is 11.7. The molecule has 3 aromatic carbocycles. The summed E-state index contributed by atoms with van der Waals surface area (Å²) in [4.78, 5) is 33.7. The molecule has 0 aliphatic rings. The van der Waals surface area contributed by atoms with Gasteiger partial charge in [0, 0.05) is 61.9 Å². The Hall–Kier alpha value is -4.66. The highest BCUT2D eigenvalue weighted by Crippen LogP contribution is 2.19. The summed E-state index contributed by atoms with van der Waals surface area (Å²) in [7, 11) is 6.99. The number of hydrogen-bond donors (Lipinski definition) is 5. The molecule has 0 aromatic heterocycles. The van der Waals surface area contributed by atoms with Gasteiger partial charge in [-0.25, -0.2) is 0 Å². The van der Waals surface area contributed by atoms with Crippen molar-refractivity contribution in [1.82, 2.24) is 10.6 Å². The van der Waals surface area contributed by atoms with Crippen molar-refractivity contribution < 1.29 is 9.59 Å². The summed E-state index contributed by atoms with van der Waals surface area (Å²) < 4.78 is 0. The fourth-order valence-corrected chi connectivity index (χ4v) is 3.51. The highest BCUT2D eigenvalue weighted by Gasteiger charge is 2.14. The van der Waals surface area contributed by atoms with E-state index >= 15 is 0 Å². The van der Waals surface area contributed by atoms with Gasteiger partial charge in [-0.3, -0.25) is 19.6 Å². The van der Waals surface area contributed by atoms with Crippen LogP contribution < -0.4 is 27.0 Å². The van der Waals surface area contributed by atoms with Gasteiger partial charge >= 0.3 is 0 Å². The molecule has 9 nitrogen and oxygen atoms in total. The van der Waals surface area contributed by atoms with E-state index in [2.05, 4.69) is 31.3 Å². The van der Waals surface area contributed by atoms with Crippen LogP contribution in [0.5, 0.6) is 0 Å². The number of amidine groups is 2. The van der Waals surface area contributed by atoms with Crippen LogP contribution in [-0.4, -0.2) is 51.7 Å². The molecular weight excluding hydrogens is 442 g/mol. The molecule has 3 rings (SSSR count). The Morgan fingerprint density at radius 1 is 0.657 bits per heavy atom. The summed E-state index contributed by atoms with van der Waals surface area (Å²) in [6.07, 6.45) is 0. The molecule has 0 fully saturated rings. The average molecular weight is 472 g/mol. The lowest BCUT2D eigenvalue weighted by atomic mass is 10.1. The lowest BCUT2D eigenvalue weighted by molar-refractivity contribution is 0.101. The Morgan fingerprint density at radius 3 is 1.49 bits per heavy atom. The number of rotatable bonds is 6. The van der Waals surface area contributed by atoms with Gasteiger partial charge in [0.1, 0.15) is 11.7 Å². The third kappa shape index (κ3) is 6.02. The SMILES string of the molecule is CN=C(NC)c1ccc(NC(=O)c2ccc(C(=O)Nc3ccc(C(=NC)NC)cc3)c(N)c2)cc1. The number of aliphatic imine (C=N–C) groups is 2. The first-order valence-corrected chi connectivity index (χ1v) is 10.9. The Bertz CT molecular complexity index is 1260. The number of nitrogens with two attached hydrogens (primary N) is 1. The molecule has 9 heteroatoms. The van der Waals surface area contributed by atoms with Crippen LogP contribution in [0.15, 0.2) is 76.7 Å². The van der Waals surface area contributed by atoms with Gasteiger partial charge in [0.05, 0.1) is 5.56 Å². The molecule has 35 heavy (non-hydrogen) atoms. The molecule has 0 saturated carbocycles. The summed E-state index contributed by atoms with van der Waals surface area (Å²) in [6.45, 7) is 0. The summed E-state index contributed by atoms with van der Waals surface area (Å²) in [5.41, 5.74) is 9.98. The fraction of sp³-hybridized carbons (Fsp3) is 0.154. The second kappa shape index (κ2) is 11.5. The maximum atomic E-state index is 12.7. The maximum Gasteiger partial charge on any atom is 0.257 e. The van der Waals surface area contributed by atoms with Crippen LogP contribution >= 0.6 is 0 Å². The second-order valence-electron chi connectivity index (χ2n) is 7.51. The molecule has 3 aromatic rings. The van der Waals surface area contributed by atoms with E-state index in [0.717, 1.165) is 22.8 Å². The molecule has 180 valence electrons. The number of hydrogen-bond acceptors (Lipinski definition) is 5. The number of nitrogens with zero attached hydrogens (tertiary/aromatic N) is 2. The molecule has 0 radical (unpaired) electrons. The number of nitrogens with one attached hydrogen (secondary N) is 4. The highest BCUT2D eigenvalue weighted by atomic mass is 16.2. The summed E-state index contributed by atoms with van der Waals surface area (Å²) in [6, 6.07) is 19.2. The predicted octanol–water partition coefficient (Wildman–Crippen LogP) is 2.96. The van der Waals surface area contributed by atoms with E-state index in [0.29, 0.717) is 16.9 Å². The van der Waals surface area contributed by atoms with Crippen molar-refractivity contribution in [3.05, 3.63) is 89.0 Å². The first-order chi connectivity index (χ1) is 16.9. The van der Waals surface area contributed by atoms with E-state index in [-0.39, 0.29) is 23.1 Å². The minimum absolute atomic E-state index is 0.204. The van der Waals surface area contributed by atoms with E-state index < -0.39 is 0 Å². The molecule has 0 aliphatic heterocycles. The molecule has 0 aliphatic carbocycles. The van der Waals surface area contributed by atoms with Crippen molar-refractivity contribution in [1.29, 1.82) is 0 Å². The minimum Gasteiger partial charge on any atom is -0.398 e. The number of amides is 2. The van der Waals surface area contributed by atoms with E-state index in [1.807, 2.05) is 24.3 Å². The van der Waals surface area contributed by atoms with Crippen LogP contribution in [0.1, 0.15) is 31.8 Å². The normalized spacial score (nSPS) is 11.5. The van der Waals surface area contributed by atoms with Gasteiger partial charge < -0.3 is 27.0 Å². The van der Waals surface area contributed by atoms with Crippen molar-refractivity contribution >= 4 is 40.5 Å². The van der Waals surface area contributed by atoms with Crippen LogP contribution in [0, 0.1) is 0 Å². The summed E-state index contributed by atoms with van der Waals surface area (Å²) >= 11 is 0. The quantitative estimate of drug-likeness (QED) is 0.214. The van der Waals surface area contributed by atoms with Gasteiger partial charge in [-0.2, -0.15) is 0 Å². The average Bonchev–Trinajstić information content (AvgIpc) is 2.87. The lowest BCUT2D eigenvalue weighted by Crippen LogP contribution is -2.19. The van der Waals surface area contributed by atoms with E-state index in [1.54, 1.807) is 58.5 Å². The van der Waals surface area contributed by atoms with Crippen LogP contribution in [0.4, 0.5) is 17.1 Å². The smallest absolute Gasteiger partial charge is 0.257 e. The topological polar surface area (TPSA) is 133 Å². The van der Waals surface area contributed by atoms with Crippen LogP contribution in [0.3, 0.4) is 0 Å². The summed E-state index contributed by atoms with van der Waals surface area (Å²) in [5.74, 6) is 0.795. The molecule has 0 atom stereocenters. The minimum atomic E-state index is -0.367. The first kappa shape index (κ1) is 25.0. The molecular formula is C26H29N7O2. The molecule has 0 heterocycles. The zero-order valence-electron chi connectivity index (χ0n) is 20.1. The zero-order valence-corrected chi connectivity index (χ0v) is 20.1. The number of benzene rings is 3. The van der Waals surface area contributed by atoms with Crippen molar-refractivity contribution in [2.75, 3.05) is 44.6 Å². The van der Waals surface area contributed by atoms with Gasteiger partial charge in [0.25, 0.3) is 11.8 Å². The fourth-order valence-electron chi connectivity index (χ4n) is 3.51. The number of carbonyl (C=O) groups excluding carboxylic acids is 2. The van der Waals surface area contributed by atoms with Crippen molar-refractivity contribution in [2.24, 2.45) is 9.98 Å². The lowest BCUT2D eigenvalue weighted by Gasteiger charge is -2.11. The highest BCUT2D eigenvalue weighted by molar-refractivity contribution is 6.10. The molecule has 0 bridgehead atoms. The van der Waals surface area contributed by atoms with Crippen molar-refractivity contribution in [3.8, 4) is 0 Å². The van der Waals surface area contributed by atoms with Crippen molar-refractivity contribution in [2.45, 2.75) is 0 Å². The van der Waals surface area contributed by atoms with Crippen LogP contribution in [0.2, 0.25) is 0 Å². The van der Waals surface area contributed by atoms with E-state index in [1.165, 1.54) is 12.1 Å². The van der Waals surface area contributed by atoms with Crippen LogP contribution in [0.25, 0.3) is 0 Å². The van der Waals surface area contributed by atoms with Crippen molar-refractivity contribution in [3.63, 3.8) is 0 Å². The Kier molecular flexibility index (Phi) is 8.18. The Balaban J connectivity index is 1.67. The van der Waals surface area contributed by atoms with Crippen LogP contribution in [-0.2, 0) is 0 Å². The van der Waals surface area contributed by atoms with Gasteiger partial charge in [-0.05, 0) is 66.7 Å². The second-order valence-corrected chi connectivity index (χ2v) is 7.51. The third-order valence-electron chi connectivity index (χ3n) is 5.31. The number of carbonyl (C=O) groups is 2. The van der Waals surface area contributed by atoms with Gasteiger partial charge in [-0.15, -0.1) is 0 Å². The molecule has 0 saturated heterocycles. The number of nitrogen functional groups attached to an aromatic ring is 1. The van der Waals surface area contributed by atoms with E-state index in [4.69, 9.17) is 5.73 Å². The maximum absolute atomic E-state index is 12.7. The molecule has 0 spiro atoms. The van der Waals surface area contributed by atoms with Gasteiger partial charge in [0.2, 0.25) is 0 Å². The standard InChI is InChI=1S/C26H29N7O2/c1-28-23(29-2)16-5-10-19(11-6-16)32-25(34)18-9-14-21(22(27)15-18)26(35)33-20-12-7-17(8-13-20)24(30-3)31-4/h5-15H,27H2,1-4H3,(H,28,29)(H,30,31)(H,32,34)(H,33,35). The Morgan fingerprint density at radius 2 is 1.09 bits per heavy atom. The molecule has 6 N–H and O–H groups in total. The Labute approximate surface area is 204 Å². The molecule has 2 amide bonds. The number of anilines is 3. The zero-order chi connectivity index (χ0) is 25.4. The molecule has 0 unspecified atom stereocenters. The third-order valence-corrected chi connectivity index (χ3v) is 5.31. The van der Waals surface area contributed by atoms with E-state index in [9.17, 15) is 9.59 Å². The van der Waals surface area contributed by atoms with Gasteiger partial charge in [0.15, 0.2) is 0 Å². The predicted molar refractivity (Wildman–Crippen MR) is 143 cm³/mol. The largest absolute Gasteiger partial charge is 0.398 e. The first-order valence-electron chi connectivity index (χ1n) is 10.9. The van der Waals surface area contributed by atoms with Gasteiger partial charge in [-0.1, -0.05) is 0 Å².